The molecule has 0 saturated carbocycles. The van der Waals surface area contributed by atoms with E-state index < -0.39 is 5.97 Å². The molecule has 0 spiro atoms. The lowest BCUT2D eigenvalue weighted by atomic mass is 10.4. The summed E-state index contributed by atoms with van der Waals surface area (Å²) in [5.74, 6) is -0.180. The van der Waals surface area contributed by atoms with E-state index in [0.717, 1.165) is 10.1 Å². The van der Waals surface area contributed by atoms with Gasteiger partial charge in [-0.15, -0.1) is 11.3 Å². The standard InChI is InChI=1S/C12H19NO5S2/c1-9-10(11(14)15)20-12(13-9)19-8-7-18-6-5-17-4-3-16-2/h3-8H2,1-2H3,(H,14,15). The number of aromatic carboxylic acids is 1. The fourth-order valence-electron chi connectivity index (χ4n) is 1.28. The number of rotatable bonds is 11. The minimum absolute atomic E-state index is 0.306. The number of aromatic nitrogens is 1. The monoisotopic (exact) mass is 321 g/mol. The number of methoxy groups -OCH3 is 1. The summed E-state index contributed by atoms with van der Waals surface area (Å²) in [7, 11) is 1.63. The van der Waals surface area contributed by atoms with E-state index in [2.05, 4.69) is 4.98 Å². The lowest BCUT2D eigenvalue weighted by molar-refractivity contribution is 0.0286. The number of nitrogens with zero attached hydrogens (tertiary/aromatic N) is 1. The molecule has 0 atom stereocenters. The molecule has 0 bridgehead atoms. The lowest BCUT2D eigenvalue weighted by Gasteiger charge is -2.04. The molecule has 114 valence electrons. The predicted molar refractivity (Wildman–Crippen MR) is 78.0 cm³/mol. The Balaban J connectivity index is 2.07. The smallest absolute Gasteiger partial charge is 0.347 e. The third-order valence-electron chi connectivity index (χ3n) is 2.23. The van der Waals surface area contributed by atoms with Crippen LogP contribution in [-0.2, 0) is 14.2 Å². The molecule has 1 aromatic rings. The molecule has 1 rings (SSSR count). The molecule has 0 unspecified atom stereocenters. The van der Waals surface area contributed by atoms with E-state index in [9.17, 15) is 4.79 Å². The molecular weight excluding hydrogens is 302 g/mol. The summed E-state index contributed by atoms with van der Waals surface area (Å²) in [6, 6.07) is 0. The van der Waals surface area contributed by atoms with E-state index >= 15 is 0 Å². The lowest BCUT2D eigenvalue weighted by Crippen LogP contribution is -2.09. The van der Waals surface area contributed by atoms with Crippen LogP contribution in [0.5, 0.6) is 0 Å². The summed E-state index contributed by atoms with van der Waals surface area (Å²) in [6.45, 7) is 4.54. The maximum atomic E-state index is 10.9. The molecule has 6 nitrogen and oxygen atoms in total. The largest absolute Gasteiger partial charge is 0.477 e. The first-order chi connectivity index (χ1) is 9.65. The van der Waals surface area contributed by atoms with Crippen molar-refractivity contribution in [2.24, 2.45) is 0 Å². The highest BCUT2D eigenvalue weighted by Crippen LogP contribution is 2.26. The van der Waals surface area contributed by atoms with Gasteiger partial charge in [0.2, 0.25) is 0 Å². The average molecular weight is 321 g/mol. The number of thioether (sulfide) groups is 1. The Bertz CT molecular complexity index is 411. The van der Waals surface area contributed by atoms with Gasteiger partial charge in [-0.3, -0.25) is 0 Å². The van der Waals surface area contributed by atoms with Gasteiger partial charge in [0, 0.05) is 12.9 Å². The Hall–Kier alpha value is -0.670. The molecule has 0 saturated heterocycles. The summed E-state index contributed by atoms with van der Waals surface area (Å²) < 4.78 is 16.3. The zero-order chi connectivity index (χ0) is 14.8. The normalized spacial score (nSPS) is 10.9. The van der Waals surface area contributed by atoms with Crippen molar-refractivity contribution in [1.82, 2.24) is 4.98 Å². The van der Waals surface area contributed by atoms with Crippen molar-refractivity contribution in [2.75, 3.05) is 45.9 Å². The minimum Gasteiger partial charge on any atom is -0.477 e. The van der Waals surface area contributed by atoms with Gasteiger partial charge in [0.15, 0.2) is 4.34 Å². The highest BCUT2D eigenvalue weighted by molar-refractivity contribution is 8.01. The van der Waals surface area contributed by atoms with Crippen LogP contribution in [0.4, 0.5) is 0 Å². The fraction of sp³-hybridized carbons (Fsp3) is 0.667. The molecule has 0 fully saturated rings. The van der Waals surface area contributed by atoms with E-state index in [0.29, 0.717) is 43.6 Å². The molecule has 20 heavy (non-hydrogen) atoms. The minimum atomic E-state index is -0.920. The molecule has 0 aliphatic heterocycles. The van der Waals surface area contributed by atoms with Crippen LogP contribution >= 0.6 is 23.1 Å². The van der Waals surface area contributed by atoms with Crippen molar-refractivity contribution in [1.29, 1.82) is 0 Å². The van der Waals surface area contributed by atoms with E-state index in [4.69, 9.17) is 19.3 Å². The fourth-order valence-corrected chi connectivity index (χ4v) is 3.23. The number of hydrogen-bond donors (Lipinski definition) is 1. The molecule has 0 amide bonds. The van der Waals surface area contributed by atoms with Crippen LogP contribution in [0.1, 0.15) is 15.4 Å². The van der Waals surface area contributed by atoms with Gasteiger partial charge in [-0.05, 0) is 6.92 Å². The van der Waals surface area contributed by atoms with Gasteiger partial charge in [-0.25, -0.2) is 9.78 Å². The number of thiazole rings is 1. The zero-order valence-corrected chi connectivity index (χ0v) is 13.2. The van der Waals surface area contributed by atoms with E-state index in [1.807, 2.05) is 0 Å². The quantitative estimate of drug-likeness (QED) is 0.493. The van der Waals surface area contributed by atoms with Crippen molar-refractivity contribution in [2.45, 2.75) is 11.3 Å². The number of carbonyl (C=O) groups is 1. The van der Waals surface area contributed by atoms with Crippen LogP contribution in [0.2, 0.25) is 0 Å². The van der Waals surface area contributed by atoms with Crippen molar-refractivity contribution in [3.8, 4) is 0 Å². The molecule has 1 aromatic heterocycles. The topological polar surface area (TPSA) is 77.9 Å². The molecule has 0 radical (unpaired) electrons. The Morgan fingerprint density at radius 3 is 2.50 bits per heavy atom. The highest BCUT2D eigenvalue weighted by Gasteiger charge is 2.13. The van der Waals surface area contributed by atoms with E-state index in [1.54, 1.807) is 14.0 Å². The summed E-state index contributed by atoms with van der Waals surface area (Å²) in [4.78, 5) is 15.4. The molecule has 0 aliphatic carbocycles. The summed E-state index contributed by atoms with van der Waals surface area (Å²) in [5.41, 5.74) is 0.567. The van der Waals surface area contributed by atoms with Gasteiger partial charge in [0.25, 0.3) is 0 Å². The summed E-state index contributed by atoms with van der Waals surface area (Å²) >= 11 is 2.71. The maximum Gasteiger partial charge on any atom is 0.347 e. The van der Waals surface area contributed by atoms with Gasteiger partial charge < -0.3 is 19.3 Å². The third-order valence-corrected chi connectivity index (χ3v) is 4.48. The van der Waals surface area contributed by atoms with E-state index in [1.165, 1.54) is 23.1 Å². The first kappa shape index (κ1) is 17.4. The summed E-state index contributed by atoms with van der Waals surface area (Å²) in [6.07, 6.45) is 0. The highest BCUT2D eigenvalue weighted by atomic mass is 32.2. The number of aryl methyl sites for hydroxylation is 1. The second-order valence-corrected chi connectivity index (χ2v) is 6.11. The van der Waals surface area contributed by atoms with Crippen LogP contribution in [0.25, 0.3) is 0 Å². The van der Waals surface area contributed by atoms with Crippen LogP contribution in [0.15, 0.2) is 4.34 Å². The molecule has 0 aliphatic rings. The van der Waals surface area contributed by atoms with Gasteiger partial charge in [-0.2, -0.15) is 0 Å². The van der Waals surface area contributed by atoms with Gasteiger partial charge >= 0.3 is 5.97 Å². The second-order valence-electron chi connectivity index (χ2n) is 3.77. The maximum absolute atomic E-state index is 10.9. The SMILES string of the molecule is COCCOCCOCCSc1nc(C)c(C(=O)O)s1. The van der Waals surface area contributed by atoms with Gasteiger partial charge in [-0.1, -0.05) is 11.8 Å². The molecule has 1 heterocycles. The first-order valence-electron chi connectivity index (χ1n) is 6.13. The molecular formula is C12H19NO5S2. The van der Waals surface area contributed by atoms with Gasteiger partial charge in [0.05, 0.1) is 38.7 Å². The number of hydrogen-bond acceptors (Lipinski definition) is 7. The van der Waals surface area contributed by atoms with Crippen molar-refractivity contribution >= 4 is 29.1 Å². The number of carboxylic acid groups (broad SMARTS) is 1. The van der Waals surface area contributed by atoms with E-state index in [-0.39, 0.29) is 0 Å². The van der Waals surface area contributed by atoms with Crippen molar-refractivity contribution < 1.29 is 24.1 Å². The Labute approximate surface area is 126 Å². The zero-order valence-electron chi connectivity index (χ0n) is 11.6. The average Bonchev–Trinajstić information content (AvgIpc) is 2.78. The molecule has 8 heteroatoms. The van der Waals surface area contributed by atoms with Crippen molar-refractivity contribution in [3.05, 3.63) is 10.6 Å². The van der Waals surface area contributed by atoms with Crippen molar-refractivity contribution in [3.63, 3.8) is 0 Å². The Morgan fingerprint density at radius 2 is 1.90 bits per heavy atom. The second kappa shape index (κ2) is 10.1. The Morgan fingerprint density at radius 1 is 1.25 bits per heavy atom. The van der Waals surface area contributed by atoms with Crippen LogP contribution in [-0.4, -0.2) is 62.0 Å². The third kappa shape index (κ3) is 6.67. The predicted octanol–water partition coefficient (Wildman–Crippen LogP) is 1.92. The Kier molecular flexibility index (Phi) is 8.79. The van der Waals surface area contributed by atoms with Crippen LogP contribution < -0.4 is 0 Å². The molecule has 0 aromatic carbocycles. The van der Waals surface area contributed by atoms with Crippen LogP contribution in [0, 0.1) is 6.92 Å². The first-order valence-corrected chi connectivity index (χ1v) is 7.93. The van der Waals surface area contributed by atoms with Crippen LogP contribution in [0.3, 0.4) is 0 Å². The number of carboxylic acids is 1. The molecule has 1 N–H and O–H groups in total. The number of ether oxygens (including phenoxy) is 3. The van der Waals surface area contributed by atoms with Gasteiger partial charge in [0.1, 0.15) is 4.88 Å². The summed E-state index contributed by atoms with van der Waals surface area (Å²) in [5, 5.41) is 8.92.